The number of rotatable bonds is 6. The van der Waals surface area contributed by atoms with Gasteiger partial charge in [0.1, 0.15) is 5.82 Å². The van der Waals surface area contributed by atoms with E-state index in [1.54, 1.807) is 7.05 Å². The predicted molar refractivity (Wildman–Crippen MR) is 87.3 cm³/mol. The molecule has 0 aliphatic rings. The minimum absolute atomic E-state index is 0.219. The van der Waals surface area contributed by atoms with Crippen LogP contribution in [0.5, 0.6) is 0 Å². The van der Waals surface area contributed by atoms with E-state index in [2.05, 4.69) is 18.8 Å². The minimum atomic E-state index is -0.361. The largest absolute Gasteiger partial charge is 0.332 e. The molecular weight excluding hydrogens is 282 g/mol. The van der Waals surface area contributed by atoms with Crippen molar-refractivity contribution >= 4 is 11.2 Å². The zero-order valence-electron chi connectivity index (χ0n) is 13.8. The van der Waals surface area contributed by atoms with Crippen molar-refractivity contribution in [3.8, 4) is 0 Å². The zero-order valence-corrected chi connectivity index (χ0v) is 13.8. The SMILES string of the molecule is CCC(CC)c1nc2c(c(=O)n(CCN)c(=O)n2C)n1CC. The first kappa shape index (κ1) is 16.5. The third-order valence-corrected chi connectivity index (χ3v) is 4.28. The molecule has 0 amide bonds. The molecule has 0 saturated carbocycles. The van der Waals surface area contributed by atoms with Crippen LogP contribution < -0.4 is 17.0 Å². The summed E-state index contributed by atoms with van der Waals surface area (Å²) in [6.07, 6.45) is 1.90. The van der Waals surface area contributed by atoms with Crippen molar-refractivity contribution in [3.63, 3.8) is 0 Å². The Morgan fingerprint density at radius 2 is 1.77 bits per heavy atom. The van der Waals surface area contributed by atoms with E-state index in [4.69, 9.17) is 5.73 Å². The van der Waals surface area contributed by atoms with Gasteiger partial charge < -0.3 is 10.3 Å². The van der Waals surface area contributed by atoms with Crippen LogP contribution in [-0.2, 0) is 20.1 Å². The number of hydrogen-bond donors (Lipinski definition) is 1. The van der Waals surface area contributed by atoms with Crippen LogP contribution in [0.15, 0.2) is 9.59 Å². The Kier molecular flexibility index (Phi) is 4.85. The molecule has 2 N–H and O–H groups in total. The summed E-state index contributed by atoms with van der Waals surface area (Å²) in [4.78, 5) is 29.7. The third kappa shape index (κ3) is 2.39. The molecule has 0 aliphatic carbocycles. The number of aromatic nitrogens is 4. The fraction of sp³-hybridized carbons (Fsp3) is 0.667. The van der Waals surface area contributed by atoms with Crippen molar-refractivity contribution in [2.75, 3.05) is 6.54 Å². The topological polar surface area (TPSA) is 87.8 Å². The molecule has 7 heteroatoms. The standard InChI is InChI=1S/C15H25N5O2/c1-5-10(6-2)12-17-13-11(19(12)7-3)14(21)20(9-8-16)15(22)18(13)4/h10H,5-9,16H2,1-4H3. The maximum Gasteiger partial charge on any atom is 0.332 e. The molecule has 22 heavy (non-hydrogen) atoms. The third-order valence-electron chi connectivity index (χ3n) is 4.28. The first-order valence-electron chi connectivity index (χ1n) is 7.91. The van der Waals surface area contributed by atoms with Crippen LogP contribution in [0.1, 0.15) is 45.4 Å². The Bertz CT molecular complexity index is 780. The molecule has 2 heterocycles. The van der Waals surface area contributed by atoms with E-state index in [1.807, 2.05) is 11.5 Å². The van der Waals surface area contributed by atoms with E-state index in [-0.39, 0.29) is 30.3 Å². The first-order valence-corrected chi connectivity index (χ1v) is 7.91. The molecule has 0 saturated heterocycles. The van der Waals surface area contributed by atoms with Crippen LogP contribution >= 0.6 is 0 Å². The summed E-state index contributed by atoms with van der Waals surface area (Å²) < 4.78 is 4.60. The van der Waals surface area contributed by atoms with E-state index in [0.717, 1.165) is 18.7 Å². The van der Waals surface area contributed by atoms with Gasteiger partial charge in [-0.05, 0) is 19.8 Å². The zero-order chi connectivity index (χ0) is 16.4. The molecule has 0 spiro atoms. The van der Waals surface area contributed by atoms with Gasteiger partial charge in [0.2, 0.25) is 0 Å². The Labute approximate surface area is 129 Å². The highest BCUT2D eigenvalue weighted by Crippen LogP contribution is 2.24. The van der Waals surface area contributed by atoms with Gasteiger partial charge in [-0.15, -0.1) is 0 Å². The van der Waals surface area contributed by atoms with Crippen LogP contribution in [-0.4, -0.2) is 25.2 Å². The second kappa shape index (κ2) is 6.48. The van der Waals surface area contributed by atoms with Gasteiger partial charge in [0.05, 0.1) is 0 Å². The maximum atomic E-state index is 12.7. The highest BCUT2D eigenvalue weighted by molar-refractivity contribution is 5.71. The van der Waals surface area contributed by atoms with Crippen LogP contribution in [0.2, 0.25) is 0 Å². The lowest BCUT2D eigenvalue weighted by Crippen LogP contribution is -2.41. The van der Waals surface area contributed by atoms with Crippen molar-refractivity contribution < 1.29 is 0 Å². The van der Waals surface area contributed by atoms with Gasteiger partial charge in [-0.25, -0.2) is 9.78 Å². The minimum Gasteiger partial charge on any atom is -0.329 e. The molecule has 2 aromatic rings. The van der Waals surface area contributed by atoms with Gasteiger partial charge in [0.15, 0.2) is 11.2 Å². The Morgan fingerprint density at radius 3 is 2.27 bits per heavy atom. The molecule has 0 fully saturated rings. The molecule has 7 nitrogen and oxygen atoms in total. The van der Waals surface area contributed by atoms with Crippen molar-refractivity contribution in [1.82, 2.24) is 18.7 Å². The molecule has 2 aromatic heterocycles. The number of imidazole rings is 1. The number of hydrogen-bond acceptors (Lipinski definition) is 4. The molecule has 0 atom stereocenters. The van der Waals surface area contributed by atoms with Crippen molar-refractivity contribution in [1.29, 1.82) is 0 Å². The second-order valence-corrected chi connectivity index (χ2v) is 5.49. The van der Waals surface area contributed by atoms with E-state index >= 15 is 0 Å². The quantitative estimate of drug-likeness (QED) is 0.854. The van der Waals surface area contributed by atoms with Crippen LogP contribution in [0.25, 0.3) is 11.2 Å². The van der Waals surface area contributed by atoms with Gasteiger partial charge in [-0.3, -0.25) is 13.9 Å². The summed E-state index contributed by atoms with van der Waals surface area (Å²) in [7, 11) is 1.65. The molecule has 0 radical (unpaired) electrons. The number of fused-ring (bicyclic) bond motifs is 1. The lowest BCUT2D eigenvalue weighted by molar-refractivity contribution is 0.562. The first-order chi connectivity index (χ1) is 10.5. The molecule has 0 bridgehead atoms. The summed E-state index contributed by atoms with van der Waals surface area (Å²) in [6, 6.07) is 0. The van der Waals surface area contributed by atoms with E-state index in [9.17, 15) is 9.59 Å². The fourth-order valence-corrected chi connectivity index (χ4v) is 3.00. The molecule has 0 aromatic carbocycles. The van der Waals surface area contributed by atoms with Crippen molar-refractivity contribution in [3.05, 3.63) is 26.7 Å². The number of nitrogens with two attached hydrogens (primary N) is 1. The number of aryl methyl sites for hydroxylation is 2. The summed E-state index contributed by atoms with van der Waals surface area (Å²) >= 11 is 0. The average Bonchev–Trinajstić information content (AvgIpc) is 2.90. The van der Waals surface area contributed by atoms with Crippen molar-refractivity contribution in [2.45, 2.75) is 52.6 Å². The summed E-state index contributed by atoms with van der Waals surface area (Å²) in [5, 5.41) is 0. The Hall–Kier alpha value is -1.89. The van der Waals surface area contributed by atoms with Gasteiger partial charge in [-0.1, -0.05) is 13.8 Å². The smallest absolute Gasteiger partial charge is 0.329 e. The molecule has 2 rings (SSSR count). The maximum absolute atomic E-state index is 12.7. The monoisotopic (exact) mass is 307 g/mol. The fourth-order valence-electron chi connectivity index (χ4n) is 3.00. The van der Waals surface area contributed by atoms with Crippen molar-refractivity contribution in [2.24, 2.45) is 12.8 Å². The summed E-state index contributed by atoms with van der Waals surface area (Å²) in [5.41, 5.74) is 5.84. The lowest BCUT2D eigenvalue weighted by atomic mass is 10.0. The van der Waals surface area contributed by atoms with E-state index < -0.39 is 0 Å². The van der Waals surface area contributed by atoms with Crippen LogP contribution in [0.4, 0.5) is 0 Å². The molecular formula is C15H25N5O2. The lowest BCUT2D eigenvalue weighted by Gasteiger charge is -2.13. The predicted octanol–water partition coefficient (Wildman–Crippen LogP) is 0.779. The van der Waals surface area contributed by atoms with Gasteiger partial charge in [0, 0.05) is 32.6 Å². The summed E-state index contributed by atoms with van der Waals surface area (Å²) in [6.45, 7) is 7.33. The van der Waals surface area contributed by atoms with E-state index in [0.29, 0.717) is 17.7 Å². The summed E-state index contributed by atoms with van der Waals surface area (Å²) in [5.74, 6) is 1.17. The normalized spacial score (nSPS) is 11.7. The average molecular weight is 307 g/mol. The van der Waals surface area contributed by atoms with Gasteiger partial charge in [0.25, 0.3) is 5.56 Å². The van der Waals surface area contributed by atoms with Gasteiger partial charge >= 0.3 is 5.69 Å². The molecule has 0 aliphatic heterocycles. The highest BCUT2D eigenvalue weighted by atomic mass is 16.2. The Morgan fingerprint density at radius 1 is 1.14 bits per heavy atom. The number of nitrogens with zero attached hydrogens (tertiary/aromatic N) is 4. The Balaban J connectivity index is 2.91. The van der Waals surface area contributed by atoms with E-state index in [1.165, 1.54) is 9.13 Å². The second-order valence-electron chi connectivity index (χ2n) is 5.49. The molecule has 0 unspecified atom stereocenters. The van der Waals surface area contributed by atoms with Crippen LogP contribution in [0, 0.1) is 0 Å². The van der Waals surface area contributed by atoms with Gasteiger partial charge in [-0.2, -0.15) is 0 Å². The molecule has 122 valence electrons. The highest BCUT2D eigenvalue weighted by Gasteiger charge is 2.22. The van der Waals surface area contributed by atoms with Crippen LogP contribution in [0.3, 0.4) is 0 Å².